The highest BCUT2D eigenvalue weighted by atomic mass is 79.9. The molecule has 1 aromatic heterocycles. The molecule has 0 amide bonds. The maximum atomic E-state index is 4.38. The van der Waals surface area contributed by atoms with Crippen LogP contribution in [0.3, 0.4) is 0 Å². The van der Waals surface area contributed by atoms with Gasteiger partial charge in [-0.3, -0.25) is 4.90 Å². The van der Waals surface area contributed by atoms with Crippen LogP contribution in [0.15, 0.2) is 22.9 Å². The predicted octanol–water partition coefficient (Wildman–Crippen LogP) is 3.04. The Morgan fingerprint density at radius 2 is 1.89 bits per heavy atom. The van der Waals surface area contributed by atoms with Crippen molar-refractivity contribution in [1.29, 1.82) is 0 Å². The van der Waals surface area contributed by atoms with Gasteiger partial charge in [0, 0.05) is 38.4 Å². The first-order chi connectivity index (χ1) is 8.34. The van der Waals surface area contributed by atoms with Crippen LogP contribution in [0, 0.1) is 5.92 Å². The zero-order chi connectivity index (χ0) is 11.7. The molecular weight excluding hydrogens is 349 g/mol. The van der Waals surface area contributed by atoms with E-state index in [0.717, 1.165) is 36.7 Å². The molecule has 0 aromatic carbocycles. The minimum absolute atomic E-state index is 0. The molecule has 2 heterocycles. The number of rotatable bonds is 3. The van der Waals surface area contributed by atoms with Gasteiger partial charge in [0.15, 0.2) is 0 Å². The first-order valence-electron chi connectivity index (χ1n) is 6.41. The van der Waals surface area contributed by atoms with E-state index in [2.05, 4.69) is 43.3 Å². The SMILES string of the molecule is Brc1ccc([C@@H](C2CC2)N2CCNCC2)cn1.Cl.Cl. The highest BCUT2D eigenvalue weighted by Crippen LogP contribution is 2.44. The van der Waals surface area contributed by atoms with Crippen molar-refractivity contribution in [3.8, 4) is 0 Å². The Labute approximate surface area is 135 Å². The van der Waals surface area contributed by atoms with Crippen LogP contribution in [0.25, 0.3) is 0 Å². The second-order valence-electron chi connectivity index (χ2n) is 4.98. The summed E-state index contributed by atoms with van der Waals surface area (Å²) in [4.78, 5) is 7.00. The molecule has 3 rings (SSSR count). The molecule has 2 aliphatic rings. The fourth-order valence-corrected chi connectivity index (χ4v) is 2.95. The van der Waals surface area contributed by atoms with Crippen LogP contribution >= 0.6 is 40.7 Å². The minimum atomic E-state index is 0. The smallest absolute Gasteiger partial charge is 0.106 e. The van der Waals surface area contributed by atoms with Crippen LogP contribution in [0.5, 0.6) is 0 Å². The van der Waals surface area contributed by atoms with Crippen LogP contribution < -0.4 is 5.32 Å². The number of hydrogen-bond acceptors (Lipinski definition) is 3. The molecule has 0 radical (unpaired) electrons. The number of aromatic nitrogens is 1. The maximum absolute atomic E-state index is 4.38. The third kappa shape index (κ3) is 4.30. The zero-order valence-corrected chi connectivity index (χ0v) is 13.9. The third-order valence-corrected chi connectivity index (χ3v) is 4.17. The summed E-state index contributed by atoms with van der Waals surface area (Å²) < 4.78 is 0.927. The molecule has 1 atom stereocenters. The summed E-state index contributed by atoms with van der Waals surface area (Å²) in [7, 11) is 0. The molecule has 0 bridgehead atoms. The van der Waals surface area contributed by atoms with E-state index >= 15 is 0 Å². The fourth-order valence-electron chi connectivity index (χ4n) is 2.72. The molecular formula is C13H20BrCl2N3. The van der Waals surface area contributed by atoms with Gasteiger partial charge in [0.2, 0.25) is 0 Å². The second kappa shape index (κ2) is 7.79. The summed E-state index contributed by atoms with van der Waals surface area (Å²) >= 11 is 3.41. The highest BCUT2D eigenvalue weighted by molar-refractivity contribution is 9.10. The monoisotopic (exact) mass is 367 g/mol. The van der Waals surface area contributed by atoms with E-state index in [9.17, 15) is 0 Å². The quantitative estimate of drug-likeness (QED) is 0.831. The van der Waals surface area contributed by atoms with E-state index in [1.165, 1.54) is 18.4 Å². The normalized spacial score (nSPS) is 21.1. The molecule has 3 nitrogen and oxygen atoms in total. The lowest BCUT2D eigenvalue weighted by molar-refractivity contribution is 0.156. The molecule has 19 heavy (non-hydrogen) atoms. The first-order valence-corrected chi connectivity index (χ1v) is 7.20. The van der Waals surface area contributed by atoms with Crippen molar-refractivity contribution in [2.45, 2.75) is 18.9 Å². The lowest BCUT2D eigenvalue weighted by Crippen LogP contribution is -2.45. The van der Waals surface area contributed by atoms with Gasteiger partial charge < -0.3 is 5.32 Å². The Kier molecular flexibility index (Phi) is 7.05. The van der Waals surface area contributed by atoms with E-state index in [-0.39, 0.29) is 24.8 Å². The molecule has 1 aliphatic heterocycles. The molecule has 1 aliphatic carbocycles. The Balaban J connectivity index is 0.000000902. The van der Waals surface area contributed by atoms with Crippen LogP contribution in [0.1, 0.15) is 24.4 Å². The van der Waals surface area contributed by atoms with Crippen molar-refractivity contribution >= 4 is 40.7 Å². The van der Waals surface area contributed by atoms with Gasteiger partial charge in [0.25, 0.3) is 0 Å². The third-order valence-electron chi connectivity index (χ3n) is 3.71. The molecule has 2 fully saturated rings. The van der Waals surface area contributed by atoms with Crippen molar-refractivity contribution in [2.75, 3.05) is 26.2 Å². The lowest BCUT2D eigenvalue weighted by atomic mass is 10.0. The molecule has 1 N–H and O–H groups in total. The Hall–Kier alpha value is 0.130. The fraction of sp³-hybridized carbons (Fsp3) is 0.615. The number of nitrogens with zero attached hydrogens (tertiary/aromatic N) is 2. The van der Waals surface area contributed by atoms with Crippen molar-refractivity contribution in [3.05, 3.63) is 28.5 Å². The molecule has 1 saturated carbocycles. The van der Waals surface area contributed by atoms with E-state index in [1.807, 2.05) is 6.20 Å². The summed E-state index contributed by atoms with van der Waals surface area (Å²) in [5.74, 6) is 0.857. The van der Waals surface area contributed by atoms with Gasteiger partial charge in [-0.2, -0.15) is 0 Å². The number of piperazine rings is 1. The number of halogens is 3. The van der Waals surface area contributed by atoms with Gasteiger partial charge >= 0.3 is 0 Å². The van der Waals surface area contributed by atoms with Crippen LogP contribution in [-0.4, -0.2) is 36.1 Å². The van der Waals surface area contributed by atoms with Crippen molar-refractivity contribution < 1.29 is 0 Å². The standard InChI is InChI=1S/C13H18BrN3.2ClH/c14-12-4-3-11(9-16-12)13(10-1-2-10)17-7-5-15-6-8-17;;/h3-4,9-10,13,15H,1-2,5-8H2;2*1H/t13-;;/m1../s1. The van der Waals surface area contributed by atoms with Gasteiger partial charge in [-0.1, -0.05) is 6.07 Å². The van der Waals surface area contributed by atoms with Gasteiger partial charge in [-0.05, 0) is 46.3 Å². The Morgan fingerprint density at radius 1 is 1.21 bits per heavy atom. The Bertz CT molecular complexity index is 378. The van der Waals surface area contributed by atoms with Crippen molar-refractivity contribution in [3.63, 3.8) is 0 Å². The molecule has 0 spiro atoms. The zero-order valence-electron chi connectivity index (χ0n) is 10.7. The highest BCUT2D eigenvalue weighted by Gasteiger charge is 2.36. The number of nitrogens with one attached hydrogen (secondary N) is 1. The summed E-state index contributed by atoms with van der Waals surface area (Å²) in [6.45, 7) is 4.56. The average Bonchev–Trinajstić information content (AvgIpc) is 3.18. The maximum Gasteiger partial charge on any atom is 0.106 e. The largest absolute Gasteiger partial charge is 0.314 e. The molecule has 108 valence electrons. The van der Waals surface area contributed by atoms with E-state index in [4.69, 9.17) is 0 Å². The van der Waals surface area contributed by atoms with E-state index < -0.39 is 0 Å². The van der Waals surface area contributed by atoms with Crippen molar-refractivity contribution in [1.82, 2.24) is 15.2 Å². The second-order valence-corrected chi connectivity index (χ2v) is 5.79. The number of hydrogen-bond donors (Lipinski definition) is 1. The van der Waals surface area contributed by atoms with Crippen LogP contribution in [0.4, 0.5) is 0 Å². The minimum Gasteiger partial charge on any atom is -0.314 e. The van der Waals surface area contributed by atoms with Crippen LogP contribution in [0.2, 0.25) is 0 Å². The summed E-state index contributed by atoms with van der Waals surface area (Å²) in [5, 5.41) is 3.42. The molecule has 0 unspecified atom stereocenters. The lowest BCUT2D eigenvalue weighted by Gasteiger charge is -2.35. The van der Waals surface area contributed by atoms with Crippen LogP contribution in [-0.2, 0) is 0 Å². The van der Waals surface area contributed by atoms with E-state index in [0.29, 0.717) is 6.04 Å². The van der Waals surface area contributed by atoms with Gasteiger partial charge in [0.1, 0.15) is 4.60 Å². The van der Waals surface area contributed by atoms with Gasteiger partial charge in [-0.25, -0.2) is 4.98 Å². The molecule has 1 aromatic rings. The summed E-state index contributed by atoms with van der Waals surface area (Å²) in [5.41, 5.74) is 1.39. The Morgan fingerprint density at radius 3 is 2.42 bits per heavy atom. The van der Waals surface area contributed by atoms with Gasteiger partial charge in [-0.15, -0.1) is 24.8 Å². The predicted molar refractivity (Wildman–Crippen MR) is 86.3 cm³/mol. The summed E-state index contributed by atoms with van der Waals surface area (Å²) in [6.07, 6.45) is 4.80. The average molecular weight is 369 g/mol. The van der Waals surface area contributed by atoms with Gasteiger partial charge in [0.05, 0.1) is 0 Å². The topological polar surface area (TPSA) is 28.2 Å². The van der Waals surface area contributed by atoms with E-state index in [1.54, 1.807) is 0 Å². The first kappa shape index (κ1) is 17.2. The molecule has 1 saturated heterocycles. The number of pyridine rings is 1. The summed E-state index contributed by atoms with van der Waals surface area (Å²) in [6, 6.07) is 4.88. The molecule has 6 heteroatoms. The van der Waals surface area contributed by atoms with Crippen molar-refractivity contribution in [2.24, 2.45) is 5.92 Å².